The van der Waals surface area contributed by atoms with Crippen molar-refractivity contribution in [2.45, 2.75) is 25.5 Å². The quantitative estimate of drug-likeness (QED) is 0.499. The predicted octanol–water partition coefficient (Wildman–Crippen LogP) is 4.53. The third kappa shape index (κ3) is 5.19. The van der Waals surface area contributed by atoms with E-state index in [1.165, 1.54) is 5.56 Å². The van der Waals surface area contributed by atoms with E-state index >= 15 is 0 Å². The molecule has 5 heteroatoms. The summed E-state index contributed by atoms with van der Waals surface area (Å²) in [6.45, 7) is 2.91. The van der Waals surface area contributed by atoms with Crippen LogP contribution in [0, 0.1) is 3.57 Å². The van der Waals surface area contributed by atoms with Crippen molar-refractivity contribution in [2.24, 2.45) is 0 Å². The van der Waals surface area contributed by atoms with Gasteiger partial charge < -0.3 is 4.74 Å². The molecule has 3 nitrogen and oxygen atoms in total. The Morgan fingerprint density at radius 1 is 1.04 bits per heavy atom. The highest BCUT2D eigenvalue weighted by atomic mass is 127. The number of hydrogen-bond donors (Lipinski definition) is 0. The highest BCUT2D eigenvalue weighted by Crippen LogP contribution is 2.19. The Hall–Kier alpha value is -1.11. The molecule has 1 aliphatic rings. The molecule has 0 saturated carbocycles. The number of rotatable bonds is 4. The van der Waals surface area contributed by atoms with Crippen LogP contribution in [0.5, 0.6) is 0 Å². The minimum absolute atomic E-state index is 0. The predicted molar refractivity (Wildman–Crippen MR) is 107 cm³/mol. The summed E-state index contributed by atoms with van der Waals surface area (Å²) in [6.07, 6.45) is 1.84. The average Bonchev–Trinajstić information content (AvgIpc) is 2.58. The molecule has 128 valence electrons. The maximum atomic E-state index is 12.3. The Morgan fingerprint density at radius 2 is 1.67 bits per heavy atom. The lowest BCUT2D eigenvalue weighted by Gasteiger charge is -2.31. The molecule has 0 spiro atoms. The number of ether oxygens (including phenoxy) is 1. The molecule has 2 aromatic carbocycles. The van der Waals surface area contributed by atoms with Gasteiger partial charge >= 0.3 is 5.97 Å². The van der Waals surface area contributed by atoms with E-state index in [0.717, 1.165) is 36.0 Å². The van der Waals surface area contributed by atoms with Crippen LogP contribution in [0.3, 0.4) is 0 Å². The molecule has 0 radical (unpaired) electrons. The van der Waals surface area contributed by atoms with Crippen LogP contribution in [-0.4, -0.2) is 30.1 Å². The molecule has 1 heterocycles. The van der Waals surface area contributed by atoms with Crippen molar-refractivity contribution in [3.05, 3.63) is 69.3 Å². The summed E-state index contributed by atoms with van der Waals surface area (Å²) in [5, 5.41) is 0. The maximum Gasteiger partial charge on any atom is 0.339 e. The van der Waals surface area contributed by atoms with Crippen molar-refractivity contribution in [1.82, 2.24) is 4.90 Å². The topological polar surface area (TPSA) is 29.5 Å². The third-order valence-electron chi connectivity index (χ3n) is 4.15. The van der Waals surface area contributed by atoms with Crippen LogP contribution in [-0.2, 0) is 11.3 Å². The first-order valence-electron chi connectivity index (χ1n) is 7.94. The largest absolute Gasteiger partial charge is 0.459 e. The van der Waals surface area contributed by atoms with Crippen molar-refractivity contribution >= 4 is 41.0 Å². The molecule has 0 bridgehead atoms. The van der Waals surface area contributed by atoms with E-state index < -0.39 is 0 Å². The van der Waals surface area contributed by atoms with Crippen molar-refractivity contribution in [3.63, 3.8) is 0 Å². The van der Waals surface area contributed by atoms with Gasteiger partial charge in [0.1, 0.15) is 6.10 Å². The fraction of sp³-hybridized carbons (Fsp3) is 0.316. The van der Waals surface area contributed by atoms with E-state index in [4.69, 9.17) is 4.74 Å². The summed E-state index contributed by atoms with van der Waals surface area (Å²) in [6, 6.07) is 18.1. The van der Waals surface area contributed by atoms with Crippen LogP contribution in [0.25, 0.3) is 0 Å². The highest BCUT2D eigenvalue weighted by Gasteiger charge is 2.23. The Bertz CT molecular complexity index is 657. The fourth-order valence-electron chi connectivity index (χ4n) is 2.87. The molecule has 24 heavy (non-hydrogen) atoms. The molecule has 3 rings (SSSR count). The van der Waals surface area contributed by atoms with Gasteiger partial charge in [-0.3, -0.25) is 4.90 Å². The molecule has 2 aromatic rings. The van der Waals surface area contributed by atoms with Gasteiger partial charge in [-0.25, -0.2) is 4.79 Å². The minimum Gasteiger partial charge on any atom is -0.459 e. The molecule has 1 saturated heterocycles. The molecular weight excluding hydrogens is 437 g/mol. The van der Waals surface area contributed by atoms with Gasteiger partial charge in [0, 0.05) is 23.2 Å². The summed E-state index contributed by atoms with van der Waals surface area (Å²) in [7, 11) is 0. The lowest BCUT2D eigenvalue weighted by atomic mass is 10.1. The number of halogens is 2. The highest BCUT2D eigenvalue weighted by molar-refractivity contribution is 14.1. The number of piperidine rings is 1. The number of carbonyl (C=O) groups excluding carboxylic acids is 1. The van der Waals surface area contributed by atoms with E-state index in [-0.39, 0.29) is 24.5 Å². The summed E-state index contributed by atoms with van der Waals surface area (Å²) >= 11 is 2.18. The minimum atomic E-state index is -0.198. The third-order valence-corrected chi connectivity index (χ3v) is 5.09. The van der Waals surface area contributed by atoms with Gasteiger partial charge in [-0.05, 0) is 53.1 Å². The van der Waals surface area contributed by atoms with Crippen LogP contribution in [0.15, 0.2) is 54.6 Å². The SMILES string of the molecule is Cl.O=C(OC1CCN(Cc2ccccc2)CC1)c1ccccc1I. The lowest BCUT2D eigenvalue weighted by Crippen LogP contribution is -2.37. The average molecular weight is 458 g/mol. The van der Waals surface area contributed by atoms with E-state index in [1.54, 1.807) is 0 Å². The zero-order valence-corrected chi connectivity index (χ0v) is 16.3. The smallest absolute Gasteiger partial charge is 0.339 e. The van der Waals surface area contributed by atoms with Gasteiger partial charge in [0.15, 0.2) is 0 Å². The first-order valence-corrected chi connectivity index (χ1v) is 9.02. The van der Waals surface area contributed by atoms with E-state index in [9.17, 15) is 4.79 Å². The zero-order valence-electron chi connectivity index (χ0n) is 13.4. The van der Waals surface area contributed by atoms with E-state index in [2.05, 4.69) is 51.8 Å². The van der Waals surface area contributed by atoms with E-state index in [0.29, 0.717) is 5.56 Å². The Balaban J connectivity index is 0.00000208. The molecule has 0 N–H and O–H groups in total. The van der Waals surface area contributed by atoms with Gasteiger partial charge in [0.2, 0.25) is 0 Å². The standard InChI is InChI=1S/C19H20INO2.ClH/c20-18-9-5-4-8-17(18)19(22)23-16-10-12-21(13-11-16)14-15-6-2-1-3-7-15;/h1-9,16H,10-14H2;1H. The monoisotopic (exact) mass is 457 g/mol. The second kappa shape index (κ2) is 9.39. The van der Waals surface area contributed by atoms with Crippen LogP contribution in [0.4, 0.5) is 0 Å². The number of carbonyl (C=O) groups is 1. The molecule has 0 atom stereocenters. The van der Waals surface area contributed by atoms with Crippen LogP contribution < -0.4 is 0 Å². The van der Waals surface area contributed by atoms with Gasteiger partial charge in [-0.1, -0.05) is 42.5 Å². The molecule has 0 amide bonds. The molecular formula is C19H21ClINO2. The second-order valence-corrected chi connectivity index (χ2v) is 7.01. The van der Waals surface area contributed by atoms with Crippen molar-refractivity contribution in [3.8, 4) is 0 Å². The summed E-state index contributed by atoms with van der Waals surface area (Å²) in [5.74, 6) is -0.198. The van der Waals surface area contributed by atoms with E-state index in [1.807, 2.05) is 30.3 Å². The molecule has 0 aliphatic carbocycles. The van der Waals surface area contributed by atoms with Crippen LogP contribution in [0.1, 0.15) is 28.8 Å². The van der Waals surface area contributed by atoms with Crippen molar-refractivity contribution in [1.29, 1.82) is 0 Å². The number of benzene rings is 2. The first kappa shape index (κ1) is 19.2. The van der Waals surface area contributed by atoms with Gasteiger partial charge in [0.25, 0.3) is 0 Å². The number of nitrogens with zero attached hydrogens (tertiary/aromatic N) is 1. The first-order chi connectivity index (χ1) is 11.2. The molecule has 1 fully saturated rings. The molecule has 1 aliphatic heterocycles. The summed E-state index contributed by atoms with van der Waals surface area (Å²) in [4.78, 5) is 14.7. The van der Waals surface area contributed by atoms with Crippen LogP contribution >= 0.6 is 35.0 Å². The Morgan fingerprint density at radius 3 is 2.33 bits per heavy atom. The normalized spacial score (nSPS) is 15.5. The van der Waals surface area contributed by atoms with Crippen molar-refractivity contribution < 1.29 is 9.53 Å². The van der Waals surface area contributed by atoms with Gasteiger partial charge in [-0.15, -0.1) is 12.4 Å². The Labute approximate surface area is 162 Å². The maximum absolute atomic E-state index is 12.3. The number of hydrogen-bond acceptors (Lipinski definition) is 3. The number of esters is 1. The van der Waals surface area contributed by atoms with Gasteiger partial charge in [0.05, 0.1) is 5.56 Å². The lowest BCUT2D eigenvalue weighted by molar-refractivity contribution is 0.0103. The summed E-state index contributed by atoms with van der Waals surface area (Å²) in [5.41, 5.74) is 2.00. The molecule has 0 aromatic heterocycles. The second-order valence-electron chi connectivity index (χ2n) is 5.85. The summed E-state index contributed by atoms with van der Waals surface area (Å²) < 4.78 is 6.63. The zero-order chi connectivity index (χ0) is 16.1. The Kier molecular flexibility index (Phi) is 7.52. The van der Waals surface area contributed by atoms with Crippen molar-refractivity contribution in [2.75, 3.05) is 13.1 Å². The number of likely N-dealkylation sites (tertiary alicyclic amines) is 1. The molecule has 0 unspecified atom stereocenters. The fourth-order valence-corrected chi connectivity index (χ4v) is 3.48. The van der Waals surface area contributed by atoms with Crippen LogP contribution in [0.2, 0.25) is 0 Å². The van der Waals surface area contributed by atoms with Gasteiger partial charge in [-0.2, -0.15) is 0 Å².